The molecule has 0 unspecified atom stereocenters. The highest BCUT2D eigenvalue weighted by atomic mass is 16.7. The fourth-order valence-electron chi connectivity index (χ4n) is 3.93. The van der Waals surface area contributed by atoms with Crippen molar-refractivity contribution in [2.45, 2.75) is 44.3 Å². The fourth-order valence-corrected chi connectivity index (χ4v) is 3.93. The van der Waals surface area contributed by atoms with Crippen molar-refractivity contribution in [1.29, 1.82) is 0 Å². The van der Waals surface area contributed by atoms with Crippen LogP contribution in [0, 0.1) is 5.92 Å². The maximum atomic E-state index is 5.82. The molecule has 1 spiro atoms. The van der Waals surface area contributed by atoms with Crippen LogP contribution >= 0.6 is 0 Å². The van der Waals surface area contributed by atoms with Gasteiger partial charge >= 0.3 is 0 Å². The molecule has 1 saturated carbocycles. The number of hydrogen-bond acceptors (Lipinski definition) is 5. The molecule has 2 aliphatic rings. The van der Waals surface area contributed by atoms with Crippen molar-refractivity contribution >= 4 is 11.0 Å². The van der Waals surface area contributed by atoms with Crippen molar-refractivity contribution in [3.63, 3.8) is 0 Å². The fraction of sp³-hybridized carbons (Fsp3) is 0.579. The highest BCUT2D eigenvalue weighted by Crippen LogP contribution is 2.39. The van der Waals surface area contributed by atoms with Gasteiger partial charge in [-0.3, -0.25) is 0 Å². The highest BCUT2D eigenvalue weighted by molar-refractivity contribution is 5.78. The van der Waals surface area contributed by atoms with Crippen molar-refractivity contribution in [1.82, 2.24) is 9.97 Å². The van der Waals surface area contributed by atoms with E-state index in [1.165, 1.54) is 24.8 Å². The molecule has 0 radical (unpaired) electrons. The zero-order valence-corrected chi connectivity index (χ0v) is 14.2. The van der Waals surface area contributed by atoms with Crippen LogP contribution in [0.1, 0.15) is 37.7 Å². The Morgan fingerprint density at radius 2 is 2.00 bits per heavy atom. The normalized spacial score (nSPS) is 20.7. The smallest absolute Gasteiger partial charge is 0.232 e. The molecule has 0 N–H and O–H groups in total. The summed E-state index contributed by atoms with van der Waals surface area (Å²) in [6, 6.07) is 6.23. The maximum absolute atomic E-state index is 5.82. The predicted molar refractivity (Wildman–Crippen MR) is 91.0 cm³/mol. The Balaban J connectivity index is 1.42. The van der Waals surface area contributed by atoms with Crippen LogP contribution in [0.3, 0.4) is 0 Å². The number of aromatic nitrogens is 2. The van der Waals surface area contributed by atoms with Crippen LogP contribution in [-0.2, 0) is 15.9 Å². The van der Waals surface area contributed by atoms with Crippen LogP contribution in [0.15, 0.2) is 24.4 Å². The molecule has 1 aliphatic heterocycles. The standard InChI is InChI=1S/C19H24N2O3/c1-22-17-13-20-16-4-2-3-15(18(16)21-17)6-5-14-7-9-19(10-8-14)23-11-12-24-19/h2-4,13-14H,5-12H2,1H3. The molecule has 128 valence electrons. The Morgan fingerprint density at radius 1 is 1.21 bits per heavy atom. The van der Waals surface area contributed by atoms with Crippen molar-refractivity contribution in [2.24, 2.45) is 5.92 Å². The van der Waals surface area contributed by atoms with Gasteiger partial charge in [-0.2, -0.15) is 0 Å². The molecular weight excluding hydrogens is 304 g/mol. The molecule has 1 aliphatic carbocycles. The molecule has 1 saturated heterocycles. The van der Waals surface area contributed by atoms with Gasteiger partial charge in [0.1, 0.15) is 0 Å². The van der Waals surface area contributed by atoms with E-state index in [4.69, 9.17) is 14.2 Å². The first-order valence-corrected chi connectivity index (χ1v) is 8.85. The van der Waals surface area contributed by atoms with Gasteiger partial charge in [0.05, 0.1) is 37.6 Å². The quantitative estimate of drug-likeness (QED) is 0.860. The van der Waals surface area contributed by atoms with E-state index in [1.54, 1.807) is 13.3 Å². The number of nitrogens with zero attached hydrogens (tertiary/aromatic N) is 2. The summed E-state index contributed by atoms with van der Waals surface area (Å²) >= 11 is 0. The molecule has 24 heavy (non-hydrogen) atoms. The second-order valence-electron chi connectivity index (χ2n) is 6.79. The average molecular weight is 328 g/mol. The number of para-hydroxylation sites is 1. The summed E-state index contributed by atoms with van der Waals surface area (Å²) in [4.78, 5) is 9.03. The van der Waals surface area contributed by atoms with E-state index in [1.807, 2.05) is 6.07 Å². The van der Waals surface area contributed by atoms with E-state index in [0.29, 0.717) is 5.88 Å². The molecule has 2 aromatic rings. The van der Waals surface area contributed by atoms with Gasteiger partial charge in [0.2, 0.25) is 5.88 Å². The third kappa shape index (κ3) is 3.10. The van der Waals surface area contributed by atoms with E-state index in [-0.39, 0.29) is 5.79 Å². The zero-order valence-electron chi connectivity index (χ0n) is 14.2. The molecule has 1 aromatic heterocycles. The number of rotatable bonds is 4. The molecule has 5 heteroatoms. The SMILES string of the molecule is COc1cnc2cccc(CCC3CCC4(CC3)OCCO4)c2n1. The second kappa shape index (κ2) is 6.65. The van der Waals surface area contributed by atoms with Gasteiger partial charge in [-0.05, 0) is 43.2 Å². The average Bonchev–Trinajstić information content (AvgIpc) is 3.09. The van der Waals surface area contributed by atoms with Crippen LogP contribution in [0.5, 0.6) is 5.88 Å². The van der Waals surface area contributed by atoms with E-state index < -0.39 is 0 Å². The monoisotopic (exact) mass is 328 g/mol. The van der Waals surface area contributed by atoms with Crippen molar-refractivity contribution in [3.8, 4) is 5.88 Å². The summed E-state index contributed by atoms with van der Waals surface area (Å²) in [6.45, 7) is 1.50. The van der Waals surface area contributed by atoms with Gasteiger partial charge in [-0.1, -0.05) is 12.1 Å². The lowest BCUT2D eigenvalue weighted by Crippen LogP contribution is -2.35. The first kappa shape index (κ1) is 15.8. The molecule has 5 nitrogen and oxygen atoms in total. The Hall–Kier alpha value is -1.72. The minimum absolute atomic E-state index is 0.255. The Labute approximate surface area is 142 Å². The third-order valence-corrected chi connectivity index (χ3v) is 5.35. The second-order valence-corrected chi connectivity index (χ2v) is 6.79. The Morgan fingerprint density at radius 3 is 2.75 bits per heavy atom. The predicted octanol–water partition coefficient (Wildman–Crippen LogP) is 3.50. The molecule has 2 fully saturated rings. The molecule has 0 amide bonds. The third-order valence-electron chi connectivity index (χ3n) is 5.35. The number of aryl methyl sites for hydroxylation is 1. The molecule has 2 heterocycles. The van der Waals surface area contributed by atoms with Gasteiger partial charge in [0.15, 0.2) is 5.79 Å². The van der Waals surface area contributed by atoms with Crippen molar-refractivity contribution in [2.75, 3.05) is 20.3 Å². The van der Waals surface area contributed by atoms with Crippen LogP contribution in [0.25, 0.3) is 11.0 Å². The van der Waals surface area contributed by atoms with E-state index in [0.717, 1.165) is 49.4 Å². The molecule has 4 rings (SSSR count). The summed E-state index contributed by atoms with van der Waals surface area (Å²) in [7, 11) is 1.63. The summed E-state index contributed by atoms with van der Waals surface area (Å²) in [5, 5.41) is 0. The summed E-state index contributed by atoms with van der Waals surface area (Å²) in [5.41, 5.74) is 3.16. The van der Waals surface area contributed by atoms with Crippen molar-refractivity contribution < 1.29 is 14.2 Å². The largest absolute Gasteiger partial charge is 0.480 e. The Kier molecular flexibility index (Phi) is 4.37. The number of fused-ring (bicyclic) bond motifs is 1. The molecule has 0 bridgehead atoms. The summed E-state index contributed by atoms with van der Waals surface area (Å²) in [5.74, 6) is 1.05. The maximum Gasteiger partial charge on any atom is 0.232 e. The number of benzene rings is 1. The minimum atomic E-state index is -0.255. The van der Waals surface area contributed by atoms with Gasteiger partial charge in [-0.25, -0.2) is 9.97 Å². The minimum Gasteiger partial charge on any atom is -0.480 e. The zero-order chi connectivity index (χ0) is 16.4. The van der Waals surface area contributed by atoms with Crippen LogP contribution < -0.4 is 4.74 Å². The van der Waals surface area contributed by atoms with Gasteiger partial charge < -0.3 is 14.2 Å². The van der Waals surface area contributed by atoms with Crippen LogP contribution in [-0.4, -0.2) is 36.1 Å². The summed E-state index contributed by atoms with van der Waals surface area (Å²) in [6.07, 6.45) is 8.29. The lowest BCUT2D eigenvalue weighted by molar-refractivity contribution is -0.182. The topological polar surface area (TPSA) is 53.5 Å². The van der Waals surface area contributed by atoms with E-state index >= 15 is 0 Å². The summed E-state index contributed by atoms with van der Waals surface area (Å²) < 4.78 is 16.9. The van der Waals surface area contributed by atoms with E-state index in [9.17, 15) is 0 Å². The molecule has 1 aromatic carbocycles. The van der Waals surface area contributed by atoms with Crippen LogP contribution in [0.2, 0.25) is 0 Å². The van der Waals surface area contributed by atoms with E-state index in [2.05, 4.69) is 22.1 Å². The first-order valence-electron chi connectivity index (χ1n) is 8.85. The van der Waals surface area contributed by atoms with Gasteiger partial charge in [0, 0.05) is 12.8 Å². The molecular formula is C19H24N2O3. The van der Waals surface area contributed by atoms with Crippen molar-refractivity contribution in [3.05, 3.63) is 30.0 Å². The number of ether oxygens (including phenoxy) is 3. The first-order chi connectivity index (χ1) is 11.8. The van der Waals surface area contributed by atoms with Crippen LogP contribution in [0.4, 0.5) is 0 Å². The molecule has 0 atom stereocenters. The Bertz CT molecular complexity index is 703. The van der Waals surface area contributed by atoms with Gasteiger partial charge in [-0.15, -0.1) is 0 Å². The number of methoxy groups -OCH3 is 1. The lowest BCUT2D eigenvalue weighted by Gasteiger charge is -2.35. The lowest BCUT2D eigenvalue weighted by atomic mass is 9.82. The van der Waals surface area contributed by atoms with Gasteiger partial charge in [0.25, 0.3) is 0 Å². The number of hydrogen-bond donors (Lipinski definition) is 0. The highest BCUT2D eigenvalue weighted by Gasteiger charge is 2.40.